The van der Waals surface area contributed by atoms with Crippen LogP contribution in [0, 0.1) is 0 Å². The van der Waals surface area contributed by atoms with Crippen molar-refractivity contribution in [3.63, 3.8) is 0 Å². The van der Waals surface area contributed by atoms with E-state index in [9.17, 15) is 4.79 Å². The highest BCUT2D eigenvalue weighted by molar-refractivity contribution is 5.88. The van der Waals surface area contributed by atoms with Crippen molar-refractivity contribution in [3.05, 3.63) is 29.8 Å². The van der Waals surface area contributed by atoms with Gasteiger partial charge in [0, 0.05) is 44.3 Å². The zero-order chi connectivity index (χ0) is 13.8. The average molecular weight is 261 g/mol. The van der Waals surface area contributed by atoms with Gasteiger partial charge < -0.3 is 10.6 Å². The Kier molecular flexibility index (Phi) is 4.56. The lowest BCUT2D eigenvalue weighted by atomic mass is 10.1. The van der Waals surface area contributed by atoms with Crippen LogP contribution in [0.1, 0.15) is 26.3 Å². The molecule has 2 N–H and O–H groups in total. The average Bonchev–Trinajstić information content (AvgIpc) is 2.35. The maximum Gasteiger partial charge on any atom is 0.221 e. The van der Waals surface area contributed by atoms with Crippen molar-refractivity contribution in [2.75, 3.05) is 18.4 Å². The number of hydrogen-bond donors (Lipinski definition) is 2. The van der Waals surface area contributed by atoms with E-state index in [-0.39, 0.29) is 5.91 Å². The number of hydrogen-bond acceptors (Lipinski definition) is 3. The Bertz CT molecular complexity index is 430. The molecular formula is C15H23N3O. The predicted molar refractivity (Wildman–Crippen MR) is 78.1 cm³/mol. The standard InChI is InChI=1S/C15H23N3O/c1-11-9-18(12(2)8-16-11)10-14-4-6-15(7-5-14)17-13(3)19/h4-7,11-12,16H,8-10H2,1-3H3,(H,17,19). The number of benzene rings is 1. The quantitative estimate of drug-likeness (QED) is 0.872. The Morgan fingerprint density at radius 1 is 1.37 bits per heavy atom. The highest BCUT2D eigenvalue weighted by Gasteiger charge is 2.21. The van der Waals surface area contributed by atoms with Crippen molar-refractivity contribution in [2.24, 2.45) is 0 Å². The number of nitrogens with zero attached hydrogens (tertiary/aromatic N) is 1. The van der Waals surface area contributed by atoms with E-state index in [2.05, 4.69) is 41.5 Å². The van der Waals surface area contributed by atoms with E-state index in [1.165, 1.54) is 12.5 Å². The van der Waals surface area contributed by atoms with Crippen LogP contribution in [0.25, 0.3) is 0 Å². The fraction of sp³-hybridized carbons (Fsp3) is 0.533. The Morgan fingerprint density at radius 3 is 2.68 bits per heavy atom. The van der Waals surface area contributed by atoms with Gasteiger partial charge in [-0.25, -0.2) is 0 Å². The van der Waals surface area contributed by atoms with Crippen LogP contribution < -0.4 is 10.6 Å². The molecule has 0 bridgehead atoms. The number of piperazine rings is 1. The van der Waals surface area contributed by atoms with E-state index in [0.717, 1.165) is 25.3 Å². The van der Waals surface area contributed by atoms with Gasteiger partial charge in [0.05, 0.1) is 0 Å². The third-order valence-corrected chi connectivity index (χ3v) is 3.55. The van der Waals surface area contributed by atoms with Gasteiger partial charge in [0.2, 0.25) is 5.91 Å². The second kappa shape index (κ2) is 6.17. The molecule has 1 aliphatic rings. The molecule has 0 spiro atoms. The minimum atomic E-state index is -0.0303. The van der Waals surface area contributed by atoms with Gasteiger partial charge in [-0.1, -0.05) is 12.1 Å². The summed E-state index contributed by atoms with van der Waals surface area (Å²) in [6.45, 7) is 9.09. The van der Waals surface area contributed by atoms with Crippen LogP contribution in [0.5, 0.6) is 0 Å². The van der Waals surface area contributed by atoms with Crippen molar-refractivity contribution in [1.29, 1.82) is 0 Å². The molecule has 4 nitrogen and oxygen atoms in total. The molecule has 19 heavy (non-hydrogen) atoms. The molecule has 0 saturated carbocycles. The number of carbonyl (C=O) groups is 1. The molecule has 2 atom stereocenters. The number of carbonyl (C=O) groups excluding carboxylic acids is 1. The third-order valence-electron chi connectivity index (χ3n) is 3.55. The van der Waals surface area contributed by atoms with Crippen molar-refractivity contribution in [1.82, 2.24) is 10.2 Å². The van der Waals surface area contributed by atoms with Crippen LogP contribution in [0.15, 0.2) is 24.3 Å². The number of anilines is 1. The molecule has 104 valence electrons. The smallest absolute Gasteiger partial charge is 0.221 e. The monoisotopic (exact) mass is 261 g/mol. The van der Waals surface area contributed by atoms with Crippen molar-refractivity contribution < 1.29 is 4.79 Å². The van der Waals surface area contributed by atoms with Gasteiger partial charge in [0.15, 0.2) is 0 Å². The minimum Gasteiger partial charge on any atom is -0.326 e. The molecular weight excluding hydrogens is 238 g/mol. The molecule has 1 amide bonds. The lowest BCUT2D eigenvalue weighted by molar-refractivity contribution is -0.114. The zero-order valence-corrected chi connectivity index (χ0v) is 11.9. The van der Waals surface area contributed by atoms with E-state index in [0.29, 0.717) is 12.1 Å². The summed E-state index contributed by atoms with van der Waals surface area (Å²) in [5.41, 5.74) is 2.15. The first-order valence-corrected chi connectivity index (χ1v) is 6.88. The zero-order valence-electron chi connectivity index (χ0n) is 11.9. The highest BCUT2D eigenvalue weighted by atomic mass is 16.1. The van der Waals surface area contributed by atoms with Crippen LogP contribution in [0.2, 0.25) is 0 Å². The number of rotatable bonds is 3. The van der Waals surface area contributed by atoms with E-state index in [1.807, 2.05) is 12.1 Å². The van der Waals surface area contributed by atoms with Gasteiger partial charge in [-0.3, -0.25) is 9.69 Å². The van der Waals surface area contributed by atoms with Crippen LogP contribution in [-0.2, 0) is 11.3 Å². The largest absolute Gasteiger partial charge is 0.326 e. The third kappa shape index (κ3) is 4.04. The topological polar surface area (TPSA) is 44.4 Å². The molecule has 0 radical (unpaired) electrons. The molecule has 1 heterocycles. The van der Waals surface area contributed by atoms with Crippen LogP contribution in [0.3, 0.4) is 0 Å². The Labute approximate surface area is 115 Å². The Hall–Kier alpha value is -1.39. The van der Waals surface area contributed by atoms with E-state index < -0.39 is 0 Å². The molecule has 0 aromatic heterocycles. The maximum atomic E-state index is 11.0. The summed E-state index contributed by atoms with van der Waals surface area (Å²) >= 11 is 0. The lowest BCUT2D eigenvalue weighted by Gasteiger charge is -2.37. The molecule has 2 rings (SSSR count). The van der Waals surface area contributed by atoms with E-state index in [1.54, 1.807) is 0 Å². The fourth-order valence-corrected chi connectivity index (χ4v) is 2.45. The van der Waals surface area contributed by atoms with Gasteiger partial charge in [-0.15, -0.1) is 0 Å². The highest BCUT2D eigenvalue weighted by Crippen LogP contribution is 2.15. The fourth-order valence-electron chi connectivity index (χ4n) is 2.45. The molecule has 2 unspecified atom stereocenters. The van der Waals surface area contributed by atoms with Crippen LogP contribution in [0.4, 0.5) is 5.69 Å². The summed E-state index contributed by atoms with van der Waals surface area (Å²) in [5.74, 6) is -0.0303. The van der Waals surface area contributed by atoms with Gasteiger partial charge in [-0.05, 0) is 31.5 Å². The molecule has 1 aliphatic heterocycles. The van der Waals surface area contributed by atoms with Crippen molar-refractivity contribution >= 4 is 11.6 Å². The molecule has 4 heteroatoms. The SMILES string of the molecule is CC(=O)Nc1ccc(CN2CC(C)NCC2C)cc1. The van der Waals surface area contributed by atoms with Gasteiger partial charge in [0.25, 0.3) is 0 Å². The molecule has 1 aromatic carbocycles. The normalized spacial score (nSPS) is 24.2. The summed E-state index contributed by atoms with van der Waals surface area (Å²) < 4.78 is 0. The first-order chi connectivity index (χ1) is 9.04. The van der Waals surface area contributed by atoms with Gasteiger partial charge in [-0.2, -0.15) is 0 Å². The van der Waals surface area contributed by atoms with E-state index in [4.69, 9.17) is 0 Å². The van der Waals surface area contributed by atoms with Gasteiger partial charge >= 0.3 is 0 Å². The van der Waals surface area contributed by atoms with E-state index >= 15 is 0 Å². The number of amides is 1. The molecule has 0 aliphatic carbocycles. The van der Waals surface area contributed by atoms with Gasteiger partial charge in [0.1, 0.15) is 0 Å². The second-order valence-electron chi connectivity index (χ2n) is 5.47. The number of nitrogens with one attached hydrogen (secondary N) is 2. The summed E-state index contributed by atoms with van der Waals surface area (Å²) in [4.78, 5) is 13.5. The summed E-state index contributed by atoms with van der Waals surface area (Å²) in [6.07, 6.45) is 0. The second-order valence-corrected chi connectivity index (χ2v) is 5.47. The first kappa shape index (κ1) is 14.0. The van der Waals surface area contributed by atoms with Crippen LogP contribution in [-0.4, -0.2) is 36.0 Å². The Morgan fingerprint density at radius 2 is 2.05 bits per heavy atom. The lowest BCUT2D eigenvalue weighted by Crippen LogP contribution is -2.53. The first-order valence-electron chi connectivity index (χ1n) is 6.88. The molecule has 1 saturated heterocycles. The molecule has 1 aromatic rings. The summed E-state index contributed by atoms with van der Waals surface area (Å²) in [7, 11) is 0. The maximum absolute atomic E-state index is 11.0. The molecule has 1 fully saturated rings. The Balaban J connectivity index is 1.96. The predicted octanol–water partition coefficient (Wildman–Crippen LogP) is 1.83. The minimum absolute atomic E-state index is 0.0303. The summed E-state index contributed by atoms with van der Waals surface area (Å²) in [6, 6.07) is 9.22. The van der Waals surface area contributed by atoms with Crippen LogP contribution >= 0.6 is 0 Å². The summed E-state index contributed by atoms with van der Waals surface area (Å²) in [5, 5.41) is 6.28. The van der Waals surface area contributed by atoms with Crippen molar-refractivity contribution in [2.45, 2.75) is 39.4 Å². The van der Waals surface area contributed by atoms with Crippen molar-refractivity contribution in [3.8, 4) is 0 Å².